The summed E-state index contributed by atoms with van der Waals surface area (Å²) in [6.45, 7) is 5.47. The van der Waals surface area contributed by atoms with Gasteiger partial charge in [-0.15, -0.1) is 10.2 Å². The topological polar surface area (TPSA) is 111 Å². The van der Waals surface area contributed by atoms with Crippen molar-refractivity contribution in [2.45, 2.75) is 39.3 Å². The lowest BCUT2D eigenvalue weighted by Crippen LogP contribution is -2.05. The molecule has 1 atom stereocenters. The molecular weight excluding hydrogens is 436 g/mol. The number of H-pyrrole nitrogens is 1. The summed E-state index contributed by atoms with van der Waals surface area (Å²) >= 11 is 0. The quantitative estimate of drug-likeness (QED) is 0.341. The molecule has 3 N–H and O–H groups in total. The first-order chi connectivity index (χ1) is 17.2. The first-order valence-electron chi connectivity index (χ1n) is 11.8. The van der Waals surface area contributed by atoms with E-state index in [1.54, 1.807) is 0 Å². The van der Waals surface area contributed by atoms with Gasteiger partial charge < -0.3 is 5.73 Å². The van der Waals surface area contributed by atoms with E-state index in [1.165, 1.54) is 0 Å². The molecule has 0 aliphatic rings. The number of nitrogens with zero attached hydrogens (tertiary/aromatic N) is 6. The van der Waals surface area contributed by atoms with Crippen LogP contribution in [-0.4, -0.2) is 35.4 Å². The monoisotopic (exact) mass is 464 g/mol. The molecule has 0 saturated heterocycles. The van der Waals surface area contributed by atoms with Gasteiger partial charge in [0, 0.05) is 23.6 Å². The Morgan fingerprint density at radius 2 is 1.57 bits per heavy atom. The number of tetrazole rings is 1. The predicted octanol–water partition coefficient (Wildman–Crippen LogP) is 4.81. The molecule has 8 heteroatoms. The molecule has 2 heterocycles. The Morgan fingerprint density at radius 1 is 0.886 bits per heavy atom. The van der Waals surface area contributed by atoms with Crippen LogP contribution in [0.2, 0.25) is 0 Å². The van der Waals surface area contributed by atoms with E-state index in [1.807, 2.05) is 35.0 Å². The van der Waals surface area contributed by atoms with E-state index in [9.17, 15) is 0 Å². The van der Waals surface area contributed by atoms with Gasteiger partial charge in [-0.1, -0.05) is 86.6 Å². The molecule has 35 heavy (non-hydrogen) atoms. The molecular formula is C27H28N8. The van der Waals surface area contributed by atoms with Crippen LogP contribution in [0, 0.1) is 0 Å². The first kappa shape index (κ1) is 22.6. The van der Waals surface area contributed by atoms with E-state index in [2.05, 4.69) is 76.9 Å². The summed E-state index contributed by atoms with van der Waals surface area (Å²) < 4.78 is 2.00. The van der Waals surface area contributed by atoms with Crippen molar-refractivity contribution in [1.29, 1.82) is 0 Å². The van der Waals surface area contributed by atoms with Crippen LogP contribution in [0.4, 0.5) is 0 Å². The van der Waals surface area contributed by atoms with E-state index in [0.717, 1.165) is 51.5 Å². The molecule has 0 spiro atoms. The Kier molecular flexibility index (Phi) is 6.45. The third kappa shape index (κ3) is 4.74. The van der Waals surface area contributed by atoms with Crippen LogP contribution in [0.15, 0.2) is 72.8 Å². The van der Waals surface area contributed by atoms with Gasteiger partial charge in [0.15, 0.2) is 11.6 Å². The fourth-order valence-electron chi connectivity index (χ4n) is 4.03. The maximum atomic E-state index is 5.78. The van der Waals surface area contributed by atoms with Crippen LogP contribution < -0.4 is 5.73 Å². The smallest absolute Gasteiger partial charge is 0.205 e. The molecule has 0 bridgehead atoms. The number of nitrogens with two attached hydrogens (primary N) is 1. The Bertz CT molecular complexity index is 1390. The predicted molar refractivity (Wildman–Crippen MR) is 136 cm³/mol. The highest BCUT2D eigenvalue weighted by Gasteiger charge is 2.17. The average molecular weight is 465 g/mol. The van der Waals surface area contributed by atoms with Gasteiger partial charge in [0.2, 0.25) is 5.82 Å². The molecule has 8 nitrogen and oxygen atoms in total. The lowest BCUT2D eigenvalue weighted by Gasteiger charge is -2.10. The van der Waals surface area contributed by atoms with Crippen molar-refractivity contribution in [3.63, 3.8) is 0 Å². The zero-order valence-corrected chi connectivity index (χ0v) is 19.9. The fourth-order valence-corrected chi connectivity index (χ4v) is 4.03. The van der Waals surface area contributed by atoms with Crippen molar-refractivity contribution < 1.29 is 0 Å². The van der Waals surface area contributed by atoms with Crippen molar-refractivity contribution >= 4 is 0 Å². The lowest BCUT2D eigenvalue weighted by atomic mass is 9.98. The van der Waals surface area contributed by atoms with Crippen LogP contribution >= 0.6 is 0 Å². The summed E-state index contributed by atoms with van der Waals surface area (Å²) in [7, 11) is 0. The van der Waals surface area contributed by atoms with Gasteiger partial charge in [-0.25, -0.2) is 9.67 Å². The molecule has 0 amide bonds. The van der Waals surface area contributed by atoms with Crippen LogP contribution in [0.3, 0.4) is 0 Å². The minimum absolute atomic E-state index is 0.294. The Hall–Kier alpha value is -4.17. The molecule has 0 saturated carbocycles. The first-order valence-corrected chi connectivity index (χ1v) is 11.8. The average Bonchev–Trinajstić information content (AvgIpc) is 3.60. The number of aromatic nitrogens is 7. The van der Waals surface area contributed by atoms with Crippen molar-refractivity contribution in [3.05, 3.63) is 89.7 Å². The number of aromatic amines is 1. The summed E-state index contributed by atoms with van der Waals surface area (Å²) in [4.78, 5) is 4.91. The molecule has 0 aliphatic heterocycles. The highest BCUT2D eigenvalue weighted by Crippen LogP contribution is 2.30. The molecule has 5 rings (SSSR count). The zero-order valence-electron chi connectivity index (χ0n) is 19.9. The molecule has 1 unspecified atom stereocenters. The van der Waals surface area contributed by atoms with Crippen LogP contribution in [0.1, 0.15) is 43.1 Å². The Balaban J connectivity index is 1.45. The Morgan fingerprint density at radius 3 is 2.23 bits per heavy atom. The fraction of sp³-hybridized carbons (Fsp3) is 0.222. The van der Waals surface area contributed by atoms with Gasteiger partial charge in [0.1, 0.15) is 0 Å². The summed E-state index contributed by atoms with van der Waals surface area (Å²) in [6.07, 6.45) is 0.990. The van der Waals surface area contributed by atoms with Gasteiger partial charge in [-0.3, -0.25) is 0 Å². The number of hydrogen-bond donors (Lipinski definition) is 2. The zero-order chi connectivity index (χ0) is 24.2. The number of nitrogens with one attached hydrogen (secondary N) is 1. The van der Waals surface area contributed by atoms with E-state index < -0.39 is 0 Å². The molecule has 0 aliphatic carbocycles. The standard InChI is InChI=1S/C27H28N8/c1-3-18(2)25-29-27(22-14-8-19(16-28)9-15-22)35(32-25)17-20-10-12-21(13-11-20)23-6-4-5-7-24(23)26-30-33-34-31-26/h4-15,18H,3,16-17,28H2,1-2H3,(H,30,31,33,34). The molecule has 0 radical (unpaired) electrons. The minimum Gasteiger partial charge on any atom is -0.326 e. The van der Waals surface area contributed by atoms with Gasteiger partial charge in [-0.2, -0.15) is 10.3 Å². The number of rotatable bonds is 8. The second-order valence-corrected chi connectivity index (χ2v) is 8.64. The Labute approximate surface area is 204 Å². The lowest BCUT2D eigenvalue weighted by molar-refractivity contribution is 0.633. The van der Waals surface area contributed by atoms with E-state index in [0.29, 0.717) is 24.8 Å². The third-order valence-electron chi connectivity index (χ3n) is 6.30. The maximum Gasteiger partial charge on any atom is 0.205 e. The molecule has 176 valence electrons. The second kappa shape index (κ2) is 9.99. The SMILES string of the molecule is CCC(C)c1nc(-c2ccc(CN)cc2)n(Cc2ccc(-c3ccccc3-c3nn[nH]n3)cc2)n1. The van der Waals surface area contributed by atoms with Crippen molar-refractivity contribution in [2.75, 3.05) is 0 Å². The van der Waals surface area contributed by atoms with Crippen LogP contribution in [0.25, 0.3) is 33.9 Å². The largest absolute Gasteiger partial charge is 0.326 e. The summed E-state index contributed by atoms with van der Waals surface area (Å²) in [5.74, 6) is 2.61. The summed E-state index contributed by atoms with van der Waals surface area (Å²) in [6, 6.07) is 24.8. The van der Waals surface area contributed by atoms with E-state index in [4.69, 9.17) is 15.8 Å². The normalized spacial score (nSPS) is 12.1. The van der Waals surface area contributed by atoms with Gasteiger partial charge in [0.05, 0.1) is 6.54 Å². The van der Waals surface area contributed by atoms with Gasteiger partial charge >= 0.3 is 0 Å². The van der Waals surface area contributed by atoms with Crippen molar-refractivity contribution in [2.24, 2.45) is 5.73 Å². The molecule has 5 aromatic rings. The van der Waals surface area contributed by atoms with Crippen molar-refractivity contribution in [3.8, 4) is 33.9 Å². The van der Waals surface area contributed by atoms with E-state index in [-0.39, 0.29) is 0 Å². The molecule has 0 fully saturated rings. The minimum atomic E-state index is 0.294. The second-order valence-electron chi connectivity index (χ2n) is 8.64. The van der Waals surface area contributed by atoms with E-state index >= 15 is 0 Å². The number of hydrogen-bond acceptors (Lipinski definition) is 6. The summed E-state index contributed by atoms with van der Waals surface area (Å²) in [5, 5.41) is 19.4. The molecule has 3 aromatic carbocycles. The van der Waals surface area contributed by atoms with Crippen molar-refractivity contribution in [1.82, 2.24) is 35.4 Å². The maximum absolute atomic E-state index is 5.78. The van der Waals surface area contributed by atoms with Gasteiger partial charge in [0.25, 0.3) is 0 Å². The van der Waals surface area contributed by atoms with Crippen LogP contribution in [0.5, 0.6) is 0 Å². The van der Waals surface area contributed by atoms with Crippen LogP contribution in [-0.2, 0) is 13.1 Å². The third-order valence-corrected chi connectivity index (χ3v) is 6.30. The highest BCUT2D eigenvalue weighted by molar-refractivity contribution is 5.80. The highest BCUT2D eigenvalue weighted by atomic mass is 15.5. The molecule has 2 aromatic heterocycles. The summed E-state index contributed by atoms with van der Waals surface area (Å²) in [5.41, 5.74) is 12.1. The number of benzene rings is 3. The van der Waals surface area contributed by atoms with Gasteiger partial charge in [-0.05, 0) is 33.9 Å².